The van der Waals surface area contributed by atoms with E-state index >= 15 is 0 Å². The van der Waals surface area contributed by atoms with Crippen LogP contribution in [0.15, 0.2) is 29.2 Å². The van der Waals surface area contributed by atoms with Gasteiger partial charge in [0.15, 0.2) is 0 Å². The largest absolute Gasteiger partial charge is 0.481 e. The van der Waals surface area contributed by atoms with Gasteiger partial charge in [0, 0.05) is 17.9 Å². The van der Waals surface area contributed by atoms with Crippen molar-refractivity contribution in [3.8, 4) is 0 Å². The molecule has 26 heavy (non-hydrogen) atoms. The number of carbonyl (C=O) groups is 3. The molecule has 2 fully saturated rings. The van der Waals surface area contributed by atoms with Gasteiger partial charge in [-0.15, -0.1) is 11.8 Å². The number of fused-ring (bicyclic) bond motifs is 1. The van der Waals surface area contributed by atoms with Gasteiger partial charge in [0.1, 0.15) is 0 Å². The van der Waals surface area contributed by atoms with Crippen LogP contribution in [-0.2, 0) is 19.1 Å². The number of hydrogen-bond acceptors (Lipinski definition) is 5. The van der Waals surface area contributed by atoms with Gasteiger partial charge in [-0.1, -0.05) is 12.1 Å². The number of carboxylic acid groups (broad SMARTS) is 1. The minimum atomic E-state index is -0.937. The van der Waals surface area contributed by atoms with Crippen LogP contribution in [0.5, 0.6) is 0 Å². The van der Waals surface area contributed by atoms with Gasteiger partial charge in [0.25, 0.3) is 0 Å². The Morgan fingerprint density at radius 1 is 1.31 bits per heavy atom. The SMILES string of the molecule is O=C(O)CC1CN(C(=O)CC2Sc3ccccc3NC2=O)C2(CC2)CO1. The molecule has 3 aliphatic rings. The fraction of sp³-hybridized carbons (Fsp3) is 0.500. The minimum Gasteiger partial charge on any atom is -0.481 e. The summed E-state index contributed by atoms with van der Waals surface area (Å²) in [6.45, 7) is 0.657. The van der Waals surface area contributed by atoms with Gasteiger partial charge in [-0.2, -0.15) is 0 Å². The number of ether oxygens (including phenoxy) is 1. The van der Waals surface area contributed by atoms with Crippen molar-refractivity contribution in [1.29, 1.82) is 0 Å². The summed E-state index contributed by atoms with van der Waals surface area (Å²) >= 11 is 1.40. The van der Waals surface area contributed by atoms with E-state index in [2.05, 4.69) is 5.32 Å². The highest BCUT2D eigenvalue weighted by atomic mass is 32.2. The molecule has 1 saturated heterocycles. The molecule has 1 aliphatic carbocycles. The number of morpholine rings is 1. The van der Waals surface area contributed by atoms with Crippen molar-refractivity contribution in [1.82, 2.24) is 4.90 Å². The van der Waals surface area contributed by atoms with Gasteiger partial charge in [0.2, 0.25) is 11.8 Å². The van der Waals surface area contributed by atoms with Crippen molar-refractivity contribution in [2.45, 2.75) is 47.5 Å². The third-order valence-corrected chi connectivity index (χ3v) is 6.42. The molecule has 0 radical (unpaired) electrons. The standard InChI is InChI=1S/C18H20N2O5S/c21-15(8-14-17(24)19-12-3-1-2-4-13(12)26-14)20-9-11(7-16(22)23)25-10-18(20)5-6-18/h1-4,11,14H,5-10H2,(H,19,24)(H,22,23). The van der Waals surface area contributed by atoms with Crippen molar-refractivity contribution in [2.75, 3.05) is 18.5 Å². The number of nitrogens with zero attached hydrogens (tertiary/aromatic N) is 1. The Bertz CT molecular complexity index is 764. The molecule has 2 atom stereocenters. The molecule has 1 aromatic rings. The molecule has 7 nitrogen and oxygen atoms in total. The van der Waals surface area contributed by atoms with Gasteiger partial charge >= 0.3 is 5.97 Å². The third kappa shape index (κ3) is 3.31. The summed E-state index contributed by atoms with van der Waals surface area (Å²) in [5.41, 5.74) is 0.484. The minimum absolute atomic E-state index is 0.104. The Morgan fingerprint density at radius 2 is 2.08 bits per heavy atom. The van der Waals surface area contributed by atoms with E-state index in [-0.39, 0.29) is 36.7 Å². The first kappa shape index (κ1) is 17.4. The number of rotatable bonds is 4. The lowest BCUT2D eigenvalue weighted by Crippen LogP contribution is -2.55. The number of anilines is 1. The number of para-hydroxylation sites is 1. The molecular weight excluding hydrogens is 356 g/mol. The normalized spacial score (nSPS) is 26.2. The number of nitrogens with one attached hydrogen (secondary N) is 1. The first-order valence-electron chi connectivity index (χ1n) is 8.67. The molecule has 1 saturated carbocycles. The molecule has 4 rings (SSSR count). The van der Waals surface area contributed by atoms with Gasteiger partial charge in [-0.05, 0) is 25.0 Å². The third-order valence-electron chi connectivity index (χ3n) is 5.14. The van der Waals surface area contributed by atoms with Crippen LogP contribution in [0.1, 0.15) is 25.7 Å². The van der Waals surface area contributed by atoms with Crippen LogP contribution in [0.3, 0.4) is 0 Å². The predicted molar refractivity (Wildman–Crippen MR) is 95.0 cm³/mol. The molecule has 2 aliphatic heterocycles. The van der Waals surface area contributed by atoms with Crippen LogP contribution >= 0.6 is 11.8 Å². The molecule has 2 amide bonds. The second-order valence-electron chi connectivity index (χ2n) is 7.06. The summed E-state index contributed by atoms with van der Waals surface area (Å²) in [5.74, 6) is -1.21. The van der Waals surface area contributed by atoms with Crippen LogP contribution in [-0.4, -0.2) is 57.8 Å². The average molecular weight is 376 g/mol. The van der Waals surface area contributed by atoms with Crippen LogP contribution in [0.4, 0.5) is 5.69 Å². The summed E-state index contributed by atoms with van der Waals surface area (Å²) in [6, 6.07) is 7.53. The zero-order chi connectivity index (χ0) is 18.3. The van der Waals surface area contributed by atoms with E-state index in [0.29, 0.717) is 6.61 Å². The first-order valence-corrected chi connectivity index (χ1v) is 9.55. The van der Waals surface area contributed by atoms with E-state index in [1.54, 1.807) is 4.90 Å². The summed E-state index contributed by atoms with van der Waals surface area (Å²) in [4.78, 5) is 39.0. The average Bonchev–Trinajstić information content (AvgIpc) is 3.37. The monoisotopic (exact) mass is 376 g/mol. The topological polar surface area (TPSA) is 95.9 Å². The van der Waals surface area contributed by atoms with Crippen molar-refractivity contribution >= 4 is 35.2 Å². The van der Waals surface area contributed by atoms with Crippen LogP contribution in [0.2, 0.25) is 0 Å². The lowest BCUT2D eigenvalue weighted by atomic mass is 10.1. The zero-order valence-electron chi connectivity index (χ0n) is 14.1. The molecule has 1 aromatic carbocycles. The molecule has 8 heteroatoms. The fourth-order valence-electron chi connectivity index (χ4n) is 3.54. The van der Waals surface area contributed by atoms with Crippen molar-refractivity contribution in [3.05, 3.63) is 24.3 Å². The molecule has 0 aromatic heterocycles. The smallest absolute Gasteiger partial charge is 0.306 e. The number of carboxylic acids is 1. The second kappa shape index (κ2) is 6.59. The first-order chi connectivity index (χ1) is 12.5. The maximum atomic E-state index is 12.9. The van der Waals surface area contributed by atoms with E-state index in [9.17, 15) is 14.4 Å². The number of carbonyl (C=O) groups excluding carboxylic acids is 2. The Balaban J connectivity index is 1.45. The lowest BCUT2D eigenvalue weighted by molar-refractivity contribution is -0.155. The van der Waals surface area contributed by atoms with Crippen LogP contribution < -0.4 is 5.32 Å². The quantitative estimate of drug-likeness (QED) is 0.831. The summed E-state index contributed by atoms with van der Waals surface area (Å²) in [5, 5.41) is 11.4. The van der Waals surface area contributed by atoms with E-state index < -0.39 is 17.3 Å². The number of aliphatic carboxylic acids is 1. The molecule has 2 heterocycles. The summed E-state index contributed by atoms with van der Waals surface area (Å²) < 4.78 is 5.65. The van der Waals surface area contributed by atoms with E-state index in [4.69, 9.17) is 9.84 Å². The second-order valence-corrected chi connectivity index (χ2v) is 8.30. The van der Waals surface area contributed by atoms with Gasteiger partial charge in [-0.3, -0.25) is 14.4 Å². The Labute approximate surface area is 155 Å². The molecule has 2 unspecified atom stereocenters. The zero-order valence-corrected chi connectivity index (χ0v) is 15.0. The fourth-order valence-corrected chi connectivity index (χ4v) is 4.64. The van der Waals surface area contributed by atoms with Crippen LogP contribution in [0.25, 0.3) is 0 Å². The molecule has 2 N–H and O–H groups in total. The highest BCUT2D eigenvalue weighted by Gasteiger charge is 2.54. The van der Waals surface area contributed by atoms with E-state index in [0.717, 1.165) is 23.4 Å². The number of hydrogen-bond donors (Lipinski definition) is 2. The molecular formula is C18H20N2O5S. The summed E-state index contributed by atoms with van der Waals surface area (Å²) in [6.07, 6.45) is 1.23. The van der Waals surface area contributed by atoms with Gasteiger partial charge in [0.05, 0.1) is 35.6 Å². The number of benzene rings is 1. The molecule has 138 valence electrons. The summed E-state index contributed by atoms with van der Waals surface area (Å²) in [7, 11) is 0. The highest BCUT2D eigenvalue weighted by Crippen LogP contribution is 2.46. The predicted octanol–water partition coefficient (Wildman–Crippen LogP) is 1.72. The highest BCUT2D eigenvalue weighted by molar-refractivity contribution is 8.01. The van der Waals surface area contributed by atoms with Crippen molar-refractivity contribution < 1.29 is 24.2 Å². The van der Waals surface area contributed by atoms with Gasteiger partial charge < -0.3 is 20.1 Å². The number of amides is 2. The number of thioether (sulfide) groups is 1. The van der Waals surface area contributed by atoms with Crippen molar-refractivity contribution in [2.24, 2.45) is 0 Å². The Morgan fingerprint density at radius 3 is 2.81 bits per heavy atom. The van der Waals surface area contributed by atoms with E-state index in [1.807, 2.05) is 24.3 Å². The molecule has 0 bridgehead atoms. The van der Waals surface area contributed by atoms with Crippen LogP contribution in [0, 0.1) is 0 Å². The lowest BCUT2D eigenvalue weighted by Gasteiger charge is -2.40. The Hall–Kier alpha value is -2.06. The van der Waals surface area contributed by atoms with Crippen molar-refractivity contribution in [3.63, 3.8) is 0 Å². The molecule has 1 spiro atoms. The maximum absolute atomic E-state index is 12.9. The Kier molecular flexibility index (Phi) is 4.40. The maximum Gasteiger partial charge on any atom is 0.306 e. The van der Waals surface area contributed by atoms with Gasteiger partial charge in [-0.25, -0.2) is 0 Å². The van der Waals surface area contributed by atoms with E-state index in [1.165, 1.54) is 11.8 Å².